The highest BCUT2D eigenvalue weighted by molar-refractivity contribution is 4.87. The minimum atomic E-state index is -0.406. The predicted molar refractivity (Wildman–Crippen MR) is 41.5 cm³/mol. The highest BCUT2D eigenvalue weighted by Crippen LogP contribution is 2.27. The summed E-state index contributed by atoms with van der Waals surface area (Å²) < 4.78 is 10.5. The molecule has 0 aromatic heterocycles. The van der Waals surface area contributed by atoms with E-state index in [2.05, 4.69) is 0 Å². The fourth-order valence-corrected chi connectivity index (χ4v) is 1.51. The Labute approximate surface area is 67.3 Å². The van der Waals surface area contributed by atoms with Crippen molar-refractivity contribution in [3.8, 4) is 0 Å². The van der Waals surface area contributed by atoms with Gasteiger partial charge in [-0.25, -0.2) is 0 Å². The lowest BCUT2D eigenvalue weighted by atomic mass is 9.89. The van der Waals surface area contributed by atoms with Crippen LogP contribution in [0.2, 0.25) is 0 Å². The summed E-state index contributed by atoms with van der Waals surface area (Å²) in [5.41, 5.74) is -0.349. The zero-order chi connectivity index (χ0) is 8.32. The molecule has 1 atom stereocenters. The molecule has 1 fully saturated rings. The minimum Gasteiger partial charge on any atom is -0.390 e. The van der Waals surface area contributed by atoms with Gasteiger partial charge in [-0.15, -0.1) is 0 Å². The van der Waals surface area contributed by atoms with Crippen molar-refractivity contribution in [1.82, 2.24) is 0 Å². The fourth-order valence-electron chi connectivity index (χ4n) is 1.51. The number of ether oxygens (including phenoxy) is 2. The zero-order valence-electron chi connectivity index (χ0n) is 7.17. The average molecular weight is 160 g/mol. The summed E-state index contributed by atoms with van der Waals surface area (Å²) >= 11 is 0. The van der Waals surface area contributed by atoms with Crippen LogP contribution in [0.5, 0.6) is 0 Å². The molecule has 0 amide bonds. The van der Waals surface area contributed by atoms with Gasteiger partial charge in [0, 0.05) is 33.2 Å². The molecule has 1 heterocycles. The van der Waals surface area contributed by atoms with Crippen LogP contribution in [0.25, 0.3) is 0 Å². The summed E-state index contributed by atoms with van der Waals surface area (Å²) in [6, 6.07) is 0. The van der Waals surface area contributed by atoms with Crippen molar-refractivity contribution in [2.45, 2.75) is 31.5 Å². The summed E-state index contributed by atoms with van der Waals surface area (Å²) in [6.45, 7) is 3.16. The first-order chi connectivity index (χ1) is 5.21. The summed E-state index contributed by atoms with van der Waals surface area (Å²) in [4.78, 5) is 0. The lowest BCUT2D eigenvalue weighted by molar-refractivity contribution is -0.146. The van der Waals surface area contributed by atoms with Gasteiger partial charge in [-0.3, -0.25) is 0 Å². The summed E-state index contributed by atoms with van der Waals surface area (Å²) in [7, 11) is 1.65. The number of aliphatic hydroxyl groups is 1. The summed E-state index contributed by atoms with van der Waals surface area (Å²) in [5.74, 6) is 0. The smallest absolute Gasteiger partial charge is 0.0977 e. The van der Waals surface area contributed by atoms with Crippen LogP contribution in [0, 0.1) is 0 Å². The minimum absolute atomic E-state index is 0.349. The van der Waals surface area contributed by atoms with Crippen molar-refractivity contribution in [3.05, 3.63) is 0 Å². The van der Waals surface area contributed by atoms with Crippen LogP contribution in [-0.4, -0.2) is 37.1 Å². The normalized spacial score (nSPS) is 26.5. The predicted octanol–water partition coefficient (Wildman–Crippen LogP) is 0.563. The van der Waals surface area contributed by atoms with E-state index < -0.39 is 6.10 Å². The molecule has 0 radical (unpaired) electrons. The molecule has 0 aromatic rings. The van der Waals surface area contributed by atoms with Crippen molar-refractivity contribution in [3.63, 3.8) is 0 Å². The van der Waals surface area contributed by atoms with Crippen LogP contribution in [0.3, 0.4) is 0 Å². The Morgan fingerprint density at radius 3 is 2.27 bits per heavy atom. The second-order valence-corrected chi connectivity index (χ2v) is 3.06. The van der Waals surface area contributed by atoms with Crippen LogP contribution < -0.4 is 0 Å². The third-order valence-electron chi connectivity index (χ3n) is 2.51. The topological polar surface area (TPSA) is 38.7 Å². The van der Waals surface area contributed by atoms with Crippen LogP contribution >= 0.6 is 0 Å². The van der Waals surface area contributed by atoms with E-state index in [1.54, 1.807) is 14.0 Å². The third-order valence-corrected chi connectivity index (χ3v) is 2.51. The average Bonchev–Trinajstić information content (AvgIpc) is 2.05. The summed E-state index contributed by atoms with van der Waals surface area (Å²) in [6.07, 6.45) is 1.18. The molecule has 3 nitrogen and oxygen atoms in total. The van der Waals surface area contributed by atoms with Crippen LogP contribution in [0.1, 0.15) is 19.8 Å². The molecule has 1 aliphatic heterocycles. The molecule has 1 unspecified atom stereocenters. The number of hydrogen-bond donors (Lipinski definition) is 1. The van der Waals surface area contributed by atoms with Gasteiger partial charge >= 0.3 is 0 Å². The molecule has 0 aliphatic carbocycles. The van der Waals surface area contributed by atoms with Crippen molar-refractivity contribution >= 4 is 0 Å². The van der Waals surface area contributed by atoms with Gasteiger partial charge < -0.3 is 14.6 Å². The molecule has 1 saturated heterocycles. The number of rotatable bonds is 2. The van der Waals surface area contributed by atoms with Gasteiger partial charge in [0.1, 0.15) is 0 Å². The monoisotopic (exact) mass is 160 g/mol. The van der Waals surface area contributed by atoms with Gasteiger partial charge in [0.15, 0.2) is 0 Å². The first-order valence-electron chi connectivity index (χ1n) is 4.02. The van der Waals surface area contributed by atoms with E-state index in [4.69, 9.17) is 9.47 Å². The molecule has 1 aliphatic rings. The van der Waals surface area contributed by atoms with Crippen molar-refractivity contribution in [2.24, 2.45) is 0 Å². The van der Waals surface area contributed by atoms with Crippen LogP contribution in [-0.2, 0) is 9.47 Å². The second-order valence-electron chi connectivity index (χ2n) is 3.06. The quantitative estimate of drug-likeness (QED) is 0.641. The molecule has 3 heteroatoms. The molecule has 1 rings (SSSR count). The molecular formula is C8H16O3. The maximum Gasteiger partial charge on any atom is 0.0977 e. The number of methoxy groups -OCH3 is 1. The second kappa shape index (κ2) is 3.52. The Hall–Kier alpha value is -0.120. The molecular weight excluding hydrogens is 144 g/mol. The third kappa shape index (κ3) is 1.72. The van der Waals surface area contributed by atoms with E-state index >= 15 is 0 Å². The molecule has 1 N–H and O–H groups in total. The van der Waals surface area contributed by atoms with E-state index in [1.165, 1.54) is 0 Å². The first-order valence-corrected chi connectivity index (χ1v) is 4.02. The number of aliphatic hydroxyl groups excluding tert-OH is 1. The molecule has 0 spiro atoms. The summed E-state index contributed by atoms with van der Waals surface area (Å²) in [5, 5.41) is 9.45. The fraction of sp³-hybridized carbons (Fsp3) is 1.00. The SMILES string of the molecule is COC1(C(C)O)CCOCC1. The Balaban J connectivity index is 2.57. The maximum atomic E-state index is 9.45. The van der Waals surface area contributed by atoms with Crippen LogP contribution in [0.15, 0.2) is 0 Å². The Kier molecular flexibility index (Phi) is 2.87. The highest BCUT2D eigenvalue weighted by atomic mass is 16.5. The van der Waals surface area contributed by atoms with Crippen LogP contribution in [0.4, 0.5) is 0 Å². The van der Waals surface area contributed by atoms with Gasteiger partial charge in [-0.2, -0.15) is 0 Å². The Morgan fingerprint density at radius 1 is 1.45 bits per heavy atom. The molecule has 11 heavy (non-hydrogen) atoms. The van der Waals surface area contributed by atoms with Gasteiger partial charge in [-0.05, 0) is 6.92 Å². The van der Waals surface area contributed by atoms with E-state index in [-0.39, 0.29) is 5.60 Å². The Morgan fingerprint density at radius 2 is 2.00 bits per heavy atom. The maximum absolute atomic E-state index is 9.45. The first kappa shape index (κ1) is 8.97. The largest absolute Gasteiger partial charge is 0.390 e. The molecule has 66 valence electrons. The number of hydrogen-bond acceptors (Lipinski definition) is 3. The Bertz CT molecular complexity index is 117. The lowest BCUT2D eigenvalue weighted by Crippen LogP contribution is -2.47. The van der Waals surface area contributed by atoms with Gasteiger partial charge in [0.2, 0.25) is 0 Å². The van der Waals surface area contributed by atoms with E-state index in [9.17, 15) is 5.11 Å². The van der Waals surface area contributed by atoms with Crippen molar-refractivity contribution in [2.75, 3.05) is 20.3 Å². The van der Waals surface area contributed by atoms with Gasteiger partial charge in [0.25, 0.3) is 0 Å². The van der Waals surface area contributed by atoms with Gasteiger partial charge in [-0.1, -0.05) is 0 Å². The van der Waals surface area contributed by atoms with Gasteiger partial charge in [0.05, 0.1) is 11.7 Å². The highest BCUT2D eigenvalue weighted by Gasteiger charge is 2.36. The van der Waals surface area contributed by atoms with Crippen molar-refractivity contribution < 1.29 is 14.6 Å². The standard InChI is InChI=1S/C8H16O3/c1-7(9)8(10-2)3-5-11-6-4-8/h7,9H,3-6H2,1-2H3. The van der Waals surface area contributed by atoms with Crippen molar-refractivity contribution in [1.29, 1.82) is 0 Å². The molecule has 0 aromatic carbocycles. The molecule has 0 bridgehead atoms. The van der Waals surface area contributed by atoms with E-state index in [1.807, 2.05) is 0 Å². The zero-order valence-corrected chi connectivity index (χ0v) is 7.17. The van der Waals surface area contributed by atoms with E-state index in [0.717, 1.165) is 12.8 Å². The van der Waals surface area contributed by atoms with E-state index in [0.29, 0.717) is 13.2 Å². The lowest BCUT2D eigenvalue weighted by Gasteiger charge is -2.38. The molecule has 0 saturated carbocycles.